The highest BCUT2D eigenvalue weighted by Crippen LogP contribution is 2.29. The zero-order valence-corrected chi connectivity index (χ0v) is 12.5. The van der Waals surface area contributed by atoms with E-state index in [4.69, 9.17) is 4.74 Å². The summed E-state index contributed by atoms with van der Waals surface area (Å²) in [5.41, 5.74) is 0.426. The van der Waals surface area contributed by atoms with Crippen molar-refractivity contribution in [2.45, 2.75) is 17.7 Å². The monoisotopic (exact) mass is 295 g/mol. The second-order valence-corrected chi connectivity index (χ2v) is 6.06. The lowest BCUT2D eigenvalue weighted by Gasteiger charge is -2.35. The maximum Gasteiger partial charge on any atom is 0.251 e. The van der Waals surface area contributed by atoms with Gasteiger partial charge in [0, 0.05) is 35.6 Å². The van der Waals surface area contributed by atoms with Crippen molar-refractivity contribution in [2.75, 3.05) is 32.6 Å². The van der Waals surface area contributed by atoms with Crippen LogP contribution in [0.4, 0.5) is 0 Å². The van der Waals surface area contributed by atoms with Crippen LogP contribution in [0.25, 0.3) is 0 Å². The van der Waals surface area contributed by atoms with Crippen LogP contribution in [0.5, 0.6) is 0 Å². The van der Waals surface area contributed by atoms with E-state index in [1.165, 1.54) is 0 Å². The third-order valence-electron chi connectivity index (χ3n) is 3.87. The Balaban J connectivity index is 1.93. The van der Waals surface area contributed by atoms with Gasteiger partial charge in [-0.2, -0.15) is 0 Å². The van der Waals surface area contributed by atoms with Gasteiger partial charge >= 0.3 is 0 Å². The lowest BCUT2D eigenvalue weighted by Crippen LogP contribution is -2.43. The van der Waals surface area contributed by atoms with Crippen LogP contribution in [-0.4, -0.2) is 43.6 Å². The average molecular weight is 295 g/mol. The molecule has 1 amide bonds. The molecule has 0 atom stereocenters. The smallest absolute Gasteiger partial charge is 0.251 e. The highest BCUT2D eigenvalue weighted by molar-refractivity contribution is 7.98. The van der Waals surface area contributed by atoms with Gasteiger partial charge in [0.15, 0.2) is 0 Å². The number of thioether (sulfide) groups is 1. The van der Waals surface area contributed by atoms with Gasteiger partial charge in [0.2, 0.25) is 0 Å². The summed E-state index contributed by atoms with van der Waals surface area (Å²) in [6, 6.07) is 7.54. The number of benzene rings is 1. The van der Waals surface area contributed by atoms with Crippen LogP contribution < -0.4 is 5.32 Å². The van der Waals surface area contributed by atoms with Crippen molar-refractivity contribution in [2.24, 2.45) is 5.41 Å². The van der Waals surface area contributed by atoms with Crippen molar-refractivity contribution >= 4 is 17.7 Å². The number of nitrogens with one attached hydrogen (secondary N) is 1. The molecule has 0 saturated carbocycles. The molecular weight excluding hydrogens is 274 g/mol. The van der Waals surface area contributed by atoms with Gasteiger partial charge in [-0.15, -0.1) is 11.8 Å². The highest BCUT2D eigenvalue weighted by atomic mass is 32.2. The minimum atomic E-state index is -0.229. The van der Waals surface area contributed by atoms with Crippen LogP contribution >= 0.6 is 11.8 Å². The molecule has 20 heavy (non-hydrogen) atoms. The van der Waals surface area contributed by atoms with Crippen molar-refractivity contribution in [3.8, 4) is 0 Å². The fourth-order valence-corrected chi connectivity index (χ4v) is 2.72. The molecular formula is C15H21NO3S. The van der Waals surface area contributed by atoms with E-state index in [0.717, 1.165) is 17.7 Å². The molecule has 1 heterocycles. The van der Waals surface area contributed by atoms with E-state index >= 15 is 0 Å². The molecule has 110 valence electrons. The van der Waals surface area contributed by atoms with Crippen molar-refractivity contribution in [3.05, 3.63) is 29.8 Å². The Labute approximate surface area is 123 Å². The quantitative estimate of drug-likeness (QED) is 0.815. The molecule has 0 aromatic heterocycles. The topological polar surface area (TPSA) is 58.6 Å². The molecule has 1 aromatic carbocycles. The molecule has 0 radical (unpaired) electrons. The molecule has 1 aliphatic heterocycles. The van der Waals surface area contributed by atoms with E-state index in [1.807, 2.05) is 30.5 Å². The fourth-order valence-electron chi connectivity index (χ4n) is 2.31. The maximum absolute atomic E-state index is 12.1. The second-order valence-electron chi connectivity index (χ2n) is 5.18. The van der Waals surface area contributed by atoms with Crippen molar-refractivity contribution < 1.29 is 14.6 Å². The van der Waals surface area contributed by atoms with E-state index < -0.39 is 0 Å². The average Bonchev–Trinajstić information content (AvgIpc) is 2.53. The number of rotatable bonds is 5. The molecule has 1 fully saturated rings. The highest BCUT2D eigenvalue weighted by Gasteiger charge is 2.32. The molecule has 0 aliphatic carbocycles. The molecule has 1 aromatic rings. The number of aliphatic hydroxyl groups is 1. The summed E-state index contributed by atoms with van der Waals surface area (Å²) in [4.78, 5) is 13.3. The van der Waals surface area contributed by atoms with E-state index in [9.17, 15) is 9.90 Å². The summed E-state index contributed by atoms with van der Waals surface area (Å²) < 4.78 is 5.32. The number of hydrogen-bond acceptors (Lipinski definition) is 4. The molecule has 2 rings (SSSR count). The number of aliphatic hydroxyl groups excluding tert-OH is 1. The SMILES string of the molecule is CSc1ccc(C(=O)NCC2(CO)CCOCC2)cc1. The largest absolute Gasteiger partial charge is 0.396 e. The predicted molar refractivity (Wildman–Crippen MR) is 80.1 cm³/mol. The Morgan fingerprint density at radius 2 is 2.00 bits per heavy atom. The van der Waals surface area contributed by atoms with E-state index in [1.54, 1.807) is 11.8 Å². The molecule has 0 bridgehead atoms. The summed E-state index contributed by atoms with van der Waals surface area (Å²) >= 11 is 1.65. The molecule has 1 aliphatic rings. The fraction of sp³-hybridized carbons (Fsp3) is 0.533. The van der Waals surface area contributed by atoms with Gasteiger partial charge in [0.25, 0.3) is 5.91 Å². The van der Waals surface area contributed by atoms with Gasteiger partial charge in [0.05, 0.1) is 6.61 Å². The Hall–Kier alpha value is -1.04. The normalized spacial score (nSPS) is 17.7. The van der Waals surface area contributed by atoms with Gasteiger partial charge in [0.1, 0.15) is 0 Å². The Morgan fingerprint density at radius 1 is 1.35 bits per heavy atom. The van der Waals surface area contributed by atoms with Crippen LogP contribution in [0.3, 0.4) is 0 Å². The minimum Gasteiger partial charge on any atom is -0.396 e. The zero-order valence-electron chi connectivity index (χ0n) is 11.7. The van der Waals surface area contributed by atoms with E-state index in [-0.39, 0.29) is 17.9 Å². The second kappa shape index (κ2) is 7.11. The molecule has 4 nitrogen and oxygen atoms in total. The van der Waals surface area contributed by atoms with Gasteiger partial charge in [-0.3, -0.25) is 4.79 Å². The van der Waals surface area contributed by atoms with Crippen molar-refractivity contribution in [3.63, 3.8) is 0 Å². The Bertz CT molecular complexity index is 441. The lowest BCUT2D eigenvalue weighted by molar-refractivity contribution is -0.0146. The number of ether oxygens (including phenoxy) is 1. The first-order valence-electron chi connectivity index (χ1n) is 6.80. The number of amides is 1. The van der Waals surface area contributed by atoms with Crippen LogP contribution in [0.1, 0.15) is 23.2 Å². The Kier molecular flexibility index (Phi) is 5.46. The van der Waals surface area contributed by atoms with Crippen LogP contribution in [-0.2, 0) is 4.74 Å². The first-order valence-corrected chi connectivity index (χ1v) is 8.02. The summed E-state index contributed by atoms with van der Waals surface area (Å²) in [5.74, 6) is -0.0861. The Morgan fingerprint density at radius 3 is 2.55 bits per heavy atom. The molecule has 0 spiro atoms. The van der Waals surface area contributed by atoms with Gasteiger partial charge in [-0.25, -0.2) is 0 Å². The first kappa shape index (κ1) is 15.4. The van der Waals surface area contributed by atoms with Crippen LogP contribution in [0.15, 0.2) is 29.2 Å². The van der Waals surface area contributed by atoms with Crippen molar-refractivity contribution in [1.29, 1.82) is 0 Å². The van der Waals surface area contributed by atoms with Crippen LogP contribution in [0, 0.1) is 5.41 Å². The summed E-state index contributed by atoms with van der Waals surface area (Å²) in [7, 11) is 0. The summed E-state index contributed by atoms with van der Waals surface area (Å²) in [6.07, 6.45) is 3.58. The van der Waals surface area contributed by atoms with Crippen LogP contribution in [0.2, 0.25) is 0 Å². The summed E-state index contributed by atoms with van der Waals surface area (Å²) in [5, 5.41) is 12.5. The van der Waals surface area contributed by atoms with E-state index in [0.29, 0.717) is 25.3 Å². The summed E-state index contributed by atoms with van der Waals surface area (Å²) in [6.45, 7) is 1.88. The minimum absolute atomic E-state index is 0.0854. The van der Waals surface area contributed by atoms with Gasteiger partial charge < -0.3 is 15.2 Å². The molecule has 0 unspecified atom stereocenters. The number of carbonyl (C=O) groups is 1. The van der Waals surface area contributed by atoms with E-state index in [2.05, 4.69) is 5.32 Å². The molecule has 2 N–H and O–H groups in total. The standard InChI is InChI=1S/C15H21NO3S/c1-20-13-4-2-12(3-5-13)14(18)16-10-15(11-17)6-8-19-9-7-15/h2-5,17H,6-11H2,1H3,(H,16,18). The number of carbonyl (C=O) groups excluding carboxylic acids is 1. The van der Waals surface area contributed by atoms with Crippen molar-refractivity contribution in [1.82, 2.24) is 5.32 Å². The predicted octanol–water partition coefficient (Wildman–Crippen LogP) is 1.93. The third-order valence-corrected chi connectivity index (χ3v) is 4.61. The molecule has 5 heteroatoms. The molecule has 1 saturated heterocycles. The zero-order chi connectivity index (χ0) is 14.4. The van der Waals surface area contributed by atoms with Gasteiger partial charge in [-0.05, 0) is 43.4 Å². The first-order chi connectivity index (χ1) is 9.69. The third kappa shape index (κ3) is 3.75. The lowest BCUT2D eigenvalue weighted by atomic mass is 9.81. The number of hydrogen-bond donors (Lipinski definition) is 2. The maximum atomic E-state index is 12.1. The van der Waals surface area contributed by atoms with Gasteiger partial charge in [-0.1, -0.05) is 0 Å².